The molecule has 0 amide bonds. The Balaban J connectivity index is 1.65. The normalized spacial score (nSPS) is 14.9. The number of fused-ring (bicyclic) bond motifs is 3. The van der Waals surface area contributed by atoms with E-state index in [0.717, 1.165) is 0 Å². The third-order valence-electron chi connectivity index (χ3n) is 5.93. The number of rotatable bonds is 4. The Labute approximate surface area is 195 Å². The molecule has 0 aliphatic heterocycles. The van der Waals surface area contributed by atoms with Gasteiger partial charge >= 0.3 is 6.18 Å². The van der Waals surface area contributed by atoms with Crippen molar-refractivity contribution in [3.05, 3.63) is 59.7 Å². The van der Waals surface area contributed by atoms with Gasteiger partial charge in [-0.25, -0.2) is 13.2 Å². The van der Waals surface area contributed by atoms with Crippen LogP contribution >= 0.6 is 0 Å². The summed E-state index contributed by atoms with van der Waals surface area (Å²) >= 11 is 0. The number of benzene rings is 2. The fraction of sp³-hybridized carbons (Fsp3) is 0.292. The summed E-state index contributed by atoms with van der Waals surface area (Å²) in [5.41, 5.74) is -1.11. The van der Waals surface area contributed by atoms with Gasteiger partial charge in [-0.1, -0.05) is 17.9 Å². The molecule has 35 heavy (non-hydrogen) atoms. The lowest BCUT2D eigenvalue weighted by atomic mass is 10.1. The first-order chi connectivity index (χ1) is 16.6. The lowest BCUT2D eigenvalue weighted by Gasteiger charge is -2.25. The highest BCUT2D eigenvalue weighted by Crippen LogP contribution is 2.57. The molecule has 2 aromatic heterocycles. The third kappa shape index (κ3) is 4.13. The summed E-state index contributed by atoms with van der Waals surface area (Å²) < 4.78 is 82.8. The molecule has 4 aromatic rings. The first-order valence-corrected chi connectivity index (χ1v) is 10.6. The highest BCUT2D eigenvalue weighted by molar-refractivity contribution is 5.93. The summed E-state index contributed by atoms with van der Waals surface area (Å²) in [6, 6.07) is 9.82. The fourth-order valence-electron chi connectivity index (χ4n) is 3.95. The molecule has 0 N–H and O–H groups in total. The summed E-state index contributed by atoms with van der Waals surface area (Å²) in [5, 5.41) is 8.19. The molecule has 1 saturated carbocycles. The molecule has 2 aromatic carbocycles. The van der Waals surface area contributed by atoms with Crippen molar-refractivity contribution in [2.75, 3.05) is 11.4 Å². The Bertz CT molecular complexity index is 1490. The van der Waals surface area contributed by atoms with Crippen LogP contribution in [0.5, 0.6) is 0 Å². The number of aryl methyl sites for hydroxylation is 1. The van der Waals surface area contributed by atoms with Gasteiger partial charge in [0, 0.05) is 16.6 Å². The molecule has 180 valence electrons. The van der Waals surface area contributed by atoms with Crippen LogP contribution in [0.15, 0.2) is 42.5 Å². The highest BCUT2D eigenvalue weighted by atomic mass is 19.4. The van der Waals surface area contributed by atoms with Gasteiger partial charge in [-0.15, -0.1) is 10.2 Å². The maximum atomic E-state index is 14.2. The molecule has 1 aliphatic carbocycles. The Morgan fingerprint density at radius 3 is 2.57 bits per heavy atom. The van der Waals surface area contributed by atoms with Gasteiger partial charge in [-0.3, -0.25) is 4.40 Å². The Morgan fingerprint density at radius 2 is 1.89 bits per heavy atom. The van der Waals surface area contributed by atoms with Crippen LogP contribution in [0.1, 0.15) is 24.2 Å². The maximum absolute atomic E-state index is 14.2. The molecule has 2 heterocycles. The topological polar surface area (TPSA) is 46.3 Å². The molecule has 1 fully saturated rings. The van der Waals surface area contributed by atoms with Crippen LogP contribution in [0.3, 0.4) is 0 Å². The minimum absolute atomic E-state index is 0.0127. The quantitative estimate of drug-likeness (QED) is 0.268. The molecule has 0 spiro atoms. The van der Waals surface area contributed by atoms with E-state index in [2.05, 4.69) is 27.0 Å². The van der Waals surface area contributed by atoms with E-state index in [9.17, 15) is 26.3 Å². The molecule has 0 atom stereocenters. The number of hydrogen-bond donors (Lipinski definition) is 0. The molecule has 0 saturated heterocycles. The predicted octanol–water partition coefficient (Wildman–Crippen LogP) is 5.82. The largest absolute Gasteiger partial charge is 0.405 e. The molecule has 11 heteroatoms. The van der Waals surface area contributed by atoms with Gasteiger partial charge in [-0.2, -0.15) is 18.2 Å². The Kier molecular flexibility index (Phi) is 5.34. The van der Waals surface area contributed by atoms with Gasteiger partial charge in [0.05, 0.1) is 12.1 Å². The van der Waals surface area contributed by atoms with Crippen molar-refractivity contribution in [1.82, 2.24) is 19.6 Å². The number of alkyl halides is 5. The summed E-state index contributed by atoms with van der Waals surface area (Å²) in [7, 11) is 0. The lowest BCUT2D eigenvalue weighted by molar-refractivity contribution is -0.168. The van der Waals surface area contributed by atoms with Gasteiger partial charge < -0.3 is 4.90 Å². The van der Waals surface area contributed by atoms with Gasteiger partial charge in [0.2, 0.25) is 0 Å². The second-order valence-electron chi connectivity index (χ2n) is 8.36. The van der Waals surface area contributed by atoms with Crippen molar-refractivity contribution in [2.24, 2.45) is 5.41 Å². The first-order valence-electron chi connectivity index (χ1n) is 10.6. The van der Waals surface area contributed by atoms with Crippen molar-refractivity contribution in [3.8, 4) is 11.8 Å². The zero-order valence-electron chi connectivity index (χ0n) is 18.2. The van der Waals surface area contributed by atoms with Gasteiger partial charge in [-0.05, 0) is 56.2 Å². The average molecular weight is 489 g/mol. The maximum Gasteiger partial charge on any atom is 0.405 e. The van der Waals surface area contributed by atoms with Gasteiger partial charge in [0.1, 0.15) is 22.9 Å². The lowest BCUT2D eigenvalue weighted by Crippen LogP contribution is -2.25. The SMILES string of the molecule is Cc1nnc2nc(N(CC(F)F)c3cccc(C#CC4(C(F)(F)F)CC4)c3)c3cc(F)ccc3n12. The summed E-state index contributed by atoms with van der Waals surface area (Å²) in [6.45, 7) is 0.877. The number of anilines is 2. The molecule has 0 bridgehead atoms. The standard InChI is InChI=1S/C24H17F6N5/c1-14-32-33-22-31-21(18-12-16(25)5-6-19(18)35(14)22)34(13-20(26)27)17-4-2-3-15(11-17)7-8-23(9-10-23)24(28,29)30/h2-6,11-12,20H,9-10,13H2,1H3. The van der Waals surface area contributed by atoms with Crippen LogP contribution < -0.4 is 4.90 Å². The van der Waals surface area contributed by atoms with E-state index in [4.69, 9.17) is 0 Å². The van der Waals surface area contributed by atoms with Crippen LogP contribution in [-0.2, 0) is 0 Å². The van der Waals surface area contributed by atoms with Gasteiger partial charge in [0.15, 0.2) is 0 Å². The summed E-state index contributed by atoms with van der Waals surface area (Å²) in [5.74, 6) is 4.88. The van der Waals surface area contributed by atoms with E-state index in [1.807, 2.05) is 0 Å². The molecule has 5 rings (SSSR count). The van der Waals surface area contributed by atoms with E-state index in [-0.39, 0.29) is 41.1 Å². The molecule has 0 unspecified atom stereocenters. The monoisotopic (exact) mass is 489 g/mol. The highest BCUT2D eigenvalue weighted by Gasteiger charge is 2.62. The number of nitrogens with zero attached hydrogens (tertiary/aromatic N) is 5. The van der Waals surface area contributed by atoms with Crippen LogP contribution in [0.25, 0.3) is 16.7 Å². The van der Waals surface area contributed by atoms with Crippen LogP contribution in [0.2, 0.25) is 0 Å². The van der Waals surface area contributed by atoms with E-state index >= 15 is 0 Å². The zero-order valence-corrected chi connectivity index (χ0v) is 18.2. The van der Waals surface area contributed by atoms with E-state index in [1.165, 1.54) is 47.4 Å². The van der Waals surface area contributed by atoms with E-state index in [0.29, 0.717) is 11.3 Å². The minimum Gasteiger partial charge on any atom is -0.320 e. The third-order valence-corrected chi connectivity index (χ3v) is 5.93. The number of aromatic nitrogens is 4. The van der Waals surface area contributed by atoms with E-state index in [1.54, 1.807) is 11.3 Å². The van der Waals surface area contributed by atoms with E-state index < -0.39 is 30.4 Å². The van der Waals surface area contributed by atoms with Gasteiger partial charge in [0.25, 0.3) is 12.2 Å². The van der Waals surface area contributed by atoms with Crippen molar-refractivity contribution >= 4 is 28.2 Å². The molecule has 5 nitrogen and oxygen atoms in total. The van der Waals surface area contributed by atoms with Crippen molar-refractivity contribution < 1.29 is 26.3 Å². The Hall–Kier alpha value is -3.81. The predicted molar refractivity (Wildman–Crippen MR) is 117 cm³/mol. The Morgan fingerprint density at radius 1 is 1.11 bits per heavy atom. The second kappa shape index (κ2) is 8.15. The number of hydrogen-bond acceptors (Lipinski definition) is 4. The average Bonchev–Trinajstić information content (AvgIpc) is 3.53. The summed E-state index contributed by atoms with van der Waals surface area (Å²) in [4.78, 5) is 5.56. The van der Waals surface area contributed by atoms with Crippen molar-refractivity contribution in [2.45, 2.75) is 32.4 Å². The smallest absolute Gasteiger partial charge is 0.320 e. The molecule has 0 radical (unpaired) electrons. The number of halogens is 6. The van der Waals surface area contributed by atoms with Crippen molar-refractivity contribution in [3.63, 3.8) is 0 Å². The minimum atomic E-state index is -4.43. The summed E-state index contributed by atoms with van der Waals surface area (Å²) in [6.07, 6.45) is -7.37. The van der Waals surface area contributed by atoms with Crippen LogP contribution in [0.4, 0.5) is 37.8 Å². The fourth-order valence-corrected chi connectivity index (χ4v) is 3.95. The van der Waals surface area contributed by atoms with Crippen LogP contribution in [-0.4, -0.2) is 38.7 Å². The molecular weight excluding hydrogens is 472 g/mol. The molecular formula is C24H17F6N5. The second-order valence-corrected chi connectivity index (χ2v) is 8.36. The zero-order chi connectivity index (χ0) is 25.0. The molecule has 1 aliphatic rings. The van der Waals surface area contributed by atoms with Crippen molar-refractivity contribution in [1.29, 1.82) is 0 Å². The first kappa shape index (κ1) is 23.0. The van der Waals surface area contributed by atoms with Crippen LogP contribution in [0, 0.1) is 30.0 Å².